The van der Waals surface area contributed by atoms with Crippen LogP contribution in [-0.2, 0) is 6.42 Å². The predicted molar refractivity (Wildman–Crippen MR) is 83.2 cm³/mol. The summed E-state index contributed by atoms with van der Waals surface area (Å²) in [7, 11) is 0. The number of hydrogen-bond acceptors (Lipinski definition) is 2. The van der Waals surface area contributed by atoms with E-state index in [4.69, 9.17) is 4.74 Å². The van der Waals surface area contributed by atoms with E-state index in [-0.39, 0.29) is 0 Å². The highest BCUT2D eigenvalue weighted by molar-refractivity contribution is 5.40. The number of nitrogens with one attached hydrogen (secondary N) is 1. The van der Waals surface area contributed by atoms with Crippen LogP contribution in [0.3, 0.4) is 0 Å². The van der Waals surface area contributed by atoms with Gasteiger partial charge in [0, 0.05) is 12.5 Å². The number of rotatable bonds is 6. The molecule has 0 saturated carbocycles. The van der Waals surface area contributed by atoms with Crippen LogP contribution in [-0.4, -0.2) is 13.2 Å². The Balaban J connectivity index is 1.58. The molecule has 0 saturated heterocycles. The molecule has 2 heteroatoms. The van der Waals surface area contributed by atoms with E-state index in [1.807, 2.05) is 0 Å². The van der Waals surface area contributed by atoms with Crippen molar-refractivity contribution in [3.8, 4) is 5.75 Å². The van der Waals surface area contributed by atoms with Gasteiger partial charge in [-0.05, 0) is 55.8 Å². The molecule has 3 rings (SSSR count). The van der Waals surface area contributed by atoms with E-state index in [1.165, 1.54) is 36.8 Å². The lowest BCUT2D eigenvalue weighted by Gasteiger charge is -2.18. The van der Waals surface area contributed by atoms with Crippen molar-refractivity contribution in [1.82, 2.24) is 5.32 Å². The van der Waals surface area contributed by atoms with Crippen molar-refractivity contribution in [2.75, 3.05) is 13.2 Å². The first-order chi connectivity index (χ1) is 9.86. The average molecular weight is 271 g/mol. The van der Waals surface area contributed by atoms with Gasteiger partial charge in [0.25, 0.3) is 0 Å². The first kappa shape index (κ1) is 13.7. The van der Waals surface area contributed by atoms with Gasteiger partial charge in [-0.3, -0.25) is 0 Å². The van der Waals surface area contributed by atoms with Crippen molar-refractivity contribution in [1.29, 1.82) is 0 Å². The van der Waals surface area contributed by atoms with Crippen LogP contribution in [0.25, 0.3) is 0 Å². The van der Waals surface area contributed by atoms with Crippen LogP contribution < -0.4 is 10.1 Å². The number of benzene rings is 1. The standard InChI is InChI=1S/C18H25NO/c1-2-17(19-11-9-14-5-3-4-6-14)15-7-8-18-16(13-15)10-12-20-18/h5,7-8,13,17,19H,2-4,6,9-12H2,1H3. The lowest BCUT2D eigenvalue weighted by Crippen LogP contribution is -2.22. The average Bonchev–Trinajstić information content (AvgIpc) is 3.13. The molecule has 1 aliphatic heterocycles. The maximum Gasteiger partial charge on any atom is 0.122 e. The minimum absolute atomic E-state index is 0.475. The van der Waals surface area contributed by atoms with Gasteiger partial charge >= 0.3 is 0 Å². The molecule has 0 fully saturated rings. The summed E-state index contributed by atoms with van der Waals surface area (Å²) in [6, 6.07) is 7.17. The molecule has 1 aliphatic carbocycles. The van der Waals surface area contributed by atoms with Crippen molar-refractivity contribution in [2.45, 2.75) is 51.5 Å². The molecule has 0 bridgehead atoms. The highest BCUT2D eigenvalue weighted by Crippen LogP contribution is 2.29. The van der Waals surface area contributed by atoms with Gasteiger partial charge in [-0.25, -0.2) is 0 Å². The van der Waals surface area contributed by atoms with Crippen LogP contribution in [0.4, 0.5) is 0 Å². The topological polar surface area (TPSA) is 21.3 Å². The second kappa shape index (κ2) is 6.45. The quantitative estimate of drug-likeness (QED) is 0.784. The van der Waals surface area contributed by atoms with Crippen LogP contribution in [0.2, 0.25) is 0 Å². The van der Waals surface area contributed by atoms with Gasteiger partial charge < -0.3 is 10.1 Å². The van der Waals surface area contributed by atoms with Gasteiger partial charge in [0.1, 0.15) is 5.75 Å². The summed E-state index contributed by atoms with van der Waals surface area (Å²) >= 11 is 0. The van der Waals surface area contributed by atoms with Crippen molar-refractivity contribution in [3.05, 3.63) is 41.0 Å². The molecule has 2 aliphatic rings. The lowest BCUT2D eigenvalue weighted by atomic mass is 10.0. The summed E-state index contributed by atoms with van der Waals surface area (Å²) in [5.74, 6) is 1.08. The summed E-state index contributed by atoms with van der Waals surface area (Å²) < 4.78 is 5.59. The van der Waals surface area contributed by atoms with E-state index >= 15 is 0 Å². The van der Waals surface area contributed by atoms with Crippen molar-refractivity contribution in [2.24, 2.45) is 0 Å². The smallest absolute Gasteiger partial charge is 0.122 e. The van der Waals surface area contributed by atoms with Crippen molar-refractivity contribution in [3.63, 3.8) is 0 Å². The van der Waals surface area contributed by atoms with Gasteiger partial charge in [0.15, 0.2) is 0 Å². The maximum atomic E-state index is 5.59. The van der Waals surface area contributed by atoms with Gasteiger partial charge in [-0.15, -0.1) is 0 Å². The molecule has 1 heterocycles. The first-order valence-corrected chi connectivity index (χ1v) is 8.03. The van der Waals surface area contributed by atoms with Gasteiger partial charge in [0.2, 0.25) is 0 Å². The molecule has 1 atom stereocenters. The fourth-order valence-corrected chi connectivity index (χ4v) is 3.29. The molecule has 1 unspecified atom stereocenters. The second-order valence-corrected chi connectivity index (χ2v) is 5.89. The summed E-state index contributed by atoms with van der Waals surface area (Å²) in [6.45, 7) is 4.20. The molecule has 1 N–H and O–H groups in total. The zero-order valence-corrected chi connectivity index (χ0v) is 12.5. The third-order valence-electron chi connectivity index (χ3n) is 4.50. The van der Waals surface area contributed by atoms with E-state index in [9.17, 15) is 0 Å². The molecule has 1 aromatic carbocycles. The Kier molecular flexibility index (Phi) is 4.41. The Morgan fingerprint density at radius 3 is 3.05 bits per heavy atom. The van der Waals surface area contributed by atoms with E-state index in [0.29, 0.717) is 6.04 Å². The molecular formula is C18H25NO. The Bertz CT molecular complexity index is 492. The highest BCUT2D eigenvalue weighted by atomic mass is 16.5. The zero-order chi connectivity index (χ0) is 13.8. The minimum Gasteiger partial charge on any atom is -0.493 e. The Labute approximate surface area is 122 Å². The maximum absolute atomic E-state index is 5.59. The number of hydrogen-bond donors (Lipinski definition) is 1. The number of ether oxygens (including phenoxy) is 1. The molecule has 20 heavy (non-hydrogen) atoms. The van der Waals surface area contributed by atoms with Gasteiger partial charge in [-0.1, -0.05) is 30.7 Å². The fourth-order valence-electron chi connectivity index (χ4n) is 3.29. The Morgan fingerprint density at radius 2 is 2.25 bits per heavy atom. The summed E-state index contributed by atoms with van der Waals surface area (Å²) in [4.78, 5) is 0. The third-order valence-corrected chi connectivity index (χ3v) is 4.50. The number of fused-ring (bicyclic) bond motifs is 1. The largest absolute Gasteiger partial charge is 0.493 e. The normalized spacial score (nSPS) is 18.6. The molecular weight excluding hydrogens is 246 g/mol. The SMILES string of the molecule is CCC(NCCC1=CCCC1)c1ccc2c(c1)CCO2. The predicted octanol–water partition coefficient (Wildman–Crippen LogP) is 4.16. The fraction of sp³-hybridized carbons (Fsp3) is 0.556. The van der Waals surface area contributed by atoms with E-state index in [1.54, 1.807) is 5.57 Å². The minimum atomic E-state index is 0.475. The molecule has 2 nitrogen and oxygen atoms in total. The van der Waals surface area contributed by atoms with Crippen molar-refractivity contribution >= 4 is 0 Å². The highest BCUT2D eigenvalue weighted by Gasteiger charge is 2.16. The Morgan fingerprint density at radius 1 is 1.30 bits per heavy atom. The molecule has 0 amide bonds. The molecule has 108 valence electrons. The van der Waals surface area contributed by atoms with Crippen LogP contribution in [0.1, 0.15) is 56.2 Å². The van der Waals surface area contributed by atoms with E-state index in [2.05, 4.69) is 36.5 Å². The first-order valence-electron chi connectivity index (χ1n) is 8.03. The van der Waals surface area contributed by atoms with Crippen molar-refractivity contribution < 1.29 is 4.74 Å². The van der Waals surface area contributed by atoms with Crippen LogP contribution in [0.15, 0.2) is 29.8 Å². The molecule has 1 aromatic rings. The second-order valence-electron chi connectivity index (χ2n) is 5.89. The van der Waals surface area contributed by atoms with Gasteiger partial charge in [-0.2, -0.15) is 0 Å². The van der Waals surface area contributed by atoms with Crippen LogP contribution >= 0.6 is 0 Å². The monoisotopic (exact) mass is 271 g/mol. The third kappa shape index (κ3) is 3.06. The molecule has 0 radical (unpaired) electrons. The molecule has 0 spiro atoms. The van der Waals surface area contributed by atoms with E-state index in [0.717, 1.165) is 31.7 Å². The van der Waals surface area contributed by atoms with Crippen LogP contribution in [0, 0.1) is 0 Å². The van der Waals surface area contributed by atoms with Gasteiger partial charge in [0.05, 0.1) is 6.61 Å². The van der Waals surface area contributed by atoms with Crippen LogP contribution in [0.5, 0.6) is 5.75 Å². The summed E-state index contributed by atoms with van der Waals surface area (Å²) in [5, 5.41) is 3.72. The summed E-state index contributed by atoms with van der Waals surface area (Å²) in [5.41, 5.74) is 4.44. The molecule has 0 aromatic heterocycles. The van der Waals surface area contributed by atoms with E-state index < -0.39 is 0 Å². The zero-order valence-electron chi connectivity index (χ0n) is 12.5. The Hall–Kier alpha value is -1.28. The summed E-state index contributed by atoms with van der Waals surface area (Å²) in [6.07, 6.45) is 9.80. The lowest BCUT2D eigenvalue weighted by molar-refractivity contribution is 0.356. The number of allylic oxidation sites excluding steroid dienone is 1.